The minimum atomic E-state index is -0.549. The van der Waals surface area contributed by atoms with Gasteiger partial charge in [-0.15, -0.1) is 0 Å². The number of nitrogens with zero attached hydrogens (tertiary/aromatic N) is 2. The molecule has 1 amide bonds. The molecule has 150 valence electrons. The fourth-order valence-corrected chi connectivity index (χ4v) is 3.65. The summed E-state index contributed by atoms with van der Waals surface area (Å²) in [5.74, 6) is -0.348. The van der Waals surface area contributed by atoms with Gasteiger partial charge in [0.05, 0.1) is 16.6 Å². The number of fused-ring (bicyclic) bond motifs is 1. The Morgan fingerprint density at radius 3 is 2.20 bits per heavy atom. The number of anilines is 1. The van der Waals surface area contributed by atoms with E-state index < -0.39 is 11.2 Å². The van der Waals surface area contributed by atoms with Gasteiger partial charge >= 0.3 is 5.69 Å². The van der Waals surface area contributed by atoms with Gasteiger partial charge in [0.1, 0.15) is 6.54 Å². The van der Waals surface area contributed by atoms with Crippen LogP contribution >= 0.6 is 0 Å². The van der Waals surface area contributed by atoms with E-state index in [1.807, 2.05) is 38.1 Å². The average Bonchev–Trinajstić information content (AvgIpc) is 2.71. The third kappa shape index (κ3) is 3.67. The Morgan fingerprint density at radius 2 is 1.50 bits per heavy atom. The average molecular weight is 399 g/mol. The Morgan fingerprint density at radius 1 is 0.867 bits per heavy atom. The van der Waals surface area contributed by atoms with E-state index in [0.717, 1.165) is 15.7 Å². The van der Waals surface area contributed by atoms with Gasteiger partial charge in [-0.1, -0.05) is 36.4 Å². The second-order valence-corrected chi connectivity index (χ2v) is 7.29. The van der Waals surface area contributed by atoms with Gasteiger partial charge in [-0.2, -0.15) is 0 Å². The number of aryl methyl sites for hydroxylation is 2. The van der Waals surface area contributed by atoms with Crippen molar-refractivity contribution in [2.45, 2.75) is 20.4 Å². The first-order chi connectivity index (χ1) is 14.4. The van der Waals surface area contributed by atoms with Gasteiger partial charge in [0.2, 0.25) is 5.91 Å². The molecule has 30 heavy (non-hydrogen) atoms. The molecule has 0 spiro atoms. The van der Waals surface area contributed by atoms with Crippen LogP contribution in [-0.2, 0) is 11.3 Å². The molecule has 3 aromatic carbocycles. The highest BCUT2D eigenvalue weighted by molar-refractivity contribution is 5.91. The van der Waals surface area contributed by atoms with Crippen molar-refractivity contribution >= 4 is 22.5 Å². The molecule has 4 aromatic rings. The first-order valence-corrected chi connectivity index (χ1v) is 9.62. The summed E-state index contributed by atoms with van der Waals surface area (Å²) in [7, 11) is 0. The maximum absolute atomic E-state index is 13.4. The molecule has 0 aliphatic heterocycles. The van der Waals surface area contributed by atoms with Crippen molar-refractivity contribution < 1.29 is 4.79 Å². The van der Waals surface area contributed by atoms with Crippen LogP contribution in [0.4, 0.5) is 5.69 Å². The summed E-state index contributed by atoms with van der Waals surface area (Å²) < 4.78 is 2.48. The monoisotopic (exact) mass is 399 g/mol. The minimum Gasteiger partial charge on any atom is -0.325 e. The van der Waals surface area contributed by atoms with Gasteiger partial charge in [0.15, 0.2) is 0 Å². The van der Waals surface area contributed by atoms with Crippen molar-refractivity contribution in [3.8, 4) is 5.69 Å². The van der Waals surface area contributed by atoms with Crippen LogP contribution in [0.1, 0.15) is 11.1 Å². The summed E-state index contributed by atoms with van der Waals surface area (Å²) in [6, 6.07) is 21.4. The van der Waals surface area contributed by atoms with Crippen LogP contribution in [0.15, 0.2) is 82.4 Å². The van der Waals surface area contributed by atoms with Crippen molar-refractivity contribution in [3.05, 3.63) is 105 Å². The van der Waals surface area contributed by atoms with Crippen LogP contribution in [0.25, 0.3) is 16.6 Å². The topological polar surface area (TPSA) is 73.1 Å². The Balaban J connectivity index is 1.88. The van der Waals surface area contributed by atoms with Crippen LogP contribution in [-0.4, -0.2) is 15.0 Å². The molecule has 0 unspecified atom stereocenters. The van der Waals surface area contributed by atoms with Crippen molar-refractivity contribution in [1.29, 1.82) is 0 Å². The summed E-state index contributed by atoms with van der Waals surface area (Å²) in [5.41, 5.74) is 2.49. The van der Waals surface area contributed by atoms with Gasteiger partial charge in [0, 0.05) is 5.69 Å². The second-order valence-electron chi connectivity index (χ2n) is 7.29. The first kappa shape index (κ1) is 19.4. The summed E-state index contributed by atoms with van der Waals surface area (Å²) in [5, 5.41) is 3.17. The number of amides is 1. The molecular formula is C24H21N3O3. The molecule has 0 aliphatic carbocycles. The summed E-state index contributed by atoms with van der Waals surface area (Å²) in [6.45, 7) is 3.61. The molecule has 0 bridgehead atoms. The highest BCUT2D eigenvalue weighted by atomic mass is 16.2. The third-order valence-corrected chi connectivity index (χ3v) is 4.87. The standard InChI is InChI=1S/C24H21N3O3/c1-16-12-17(2)14-19(13-16)27-23(29)20-10-6-7-11-21(20)26(24(27)30)15-22(28)25-18-8-4-3-5-9-18/h3-14H,15H2,1-2H3,(H,25,28). The number of carbonyl (C=O) groups is 1. The third-order valence-electron chi connectivity index (χ3n) is 4.87. The lowest BCUT2D eigenvalue weighted by molar-refractivity contribution is -0.116. The van der Waals surface area contributed by atoms with E-state index >= 15 is 0 Å². The number of hydrogen-bond acceptors (Lipinski definition) is 3. The van der Waals surface area contributed by atoms with E-state index in [1.54, 1.807) is 48.5 Å². The highest BCUT2D eigenvalue weighted by Crippen LogP contribution is 2.14. The maximum atomic E-state index is 13.4. The molecule has 0 saturated carbocycles. The number of hydrogen-bond donors (Lipinski definition) is 1. The largest absolute Gasteiger partial charge is 0.336 e. The lowest BCUT2D eigenvalue weighted by Gasteiger charge is -2.15. The van der Waals surface area contributed by atoms with Crippen LogP contribution in [0.5, 0.6) is 0 Å². The van der Waals surface area contributed by atoms with Crippen molar-refractivity contribution in [2.75, 3.05) is 5.32 Å². The predicted molar refractivity (Wildman–Crippen MR) is 118 cm³/mol. The molecule has 1 aromatic heterocycles. The van der Waals surface area contributed by atoms with Crippen molar-refractivity contribution in [3.63, 3.8) is 0 Å². The summed E-state index contributed by atoms with van der Waals surface area (Å²) in [6.07, 6.45) is 0. The molecular weight excluding hydrogens is 378 g/mol. The zero-order valence-electron chi connectivity index (χ0n) is 16.8. The van der Waals surface area contributed by atoms with Crippen LogP contribution in [0.3, 0.4) is 0 Å². The normalized spacial score (nSPS) is 10.9. The number of benzene rings is 3. The van der Waals surface area contributed by atoms with Crippen LogP contribution < -0.4 is 16.6 Å². The second kappa shape index (κ2) is 7.83. The van der Waals surface area contributed by atoms with Gasteiger partial charge in [-0.25, -0.2) is 9.36 Å². The summed E-state index contributed by atoms with van der Waals surface area (Å²) in [4.78, 5) is 39.2. The molecule has 0 fully saturated rings. The summed E-state index contributed by atoms with van der Waals surface area (Å²) >= 11 is 0. The Kier molecular flexibility index (Phi) is 5.06. The molecule has 6 nitrogen and oxygen atoms in total. The fourth-order valence-electron chi connectivity index (χ4n) is 3.65. The zero-order valence-corrected chi connectivity index (χ0v) is 16.8. The number of para-hydroxylation sites is 2. The van der Waals surface area contributed by atoms with E-state index in [4.69, 9.17) is 0 Å². The van der Waals surface area contributed by atoms with Gasteiger partial charge in [0.25, 0.3) is 5.56 Å². The molecule has 0 atom stereocenters. The lowest BCUT2D eigenvalue weighted by Crippen LogP contribution is -2.40. The van der Waals surface area contributed by atoms with Gasteiger partial charge in [-0.3, -0.25) is 14.2 Å². The molecule has 0 radical (unpaired) electrons. The maximum Gasteiger partial charge on any atom is 0.336 e. The quantitative estimate of drug-likeness (QED) is 0.572. The van der Waals surface area contributed by atoms with E-state index in [0.29, 0.717) is 22.3 Å². The van der Waals surface area contributed by atoms with E-state index in [1.165, 1.54) is 4.57 Å². The SMILES string of the molecule is Cc1cc(C)cc(-n2c(=O)c3ccccc3n(CC(=O)Nc3ccccc3)c2=O)c1. The lowest BCUT2D eigenvalue weighted by atomic mass is 10.1. The Hall–Kier alpha value is -3.93. The number of rotatable bonds is 4. The number of aromatic nitrogens is 2. The smallest absolute Gasteiger partial charge is 0.325 e. The van der Waals surface area contributed by atoms with Gasteiger partial charge < -0.3 is 5.32 Å². The Labute approximate surface area is 173 Å². The molecule has 1 N–H and O–H groups in total. The number of nitrogens with one attached hydrogen (secondary N) is 1. The van der Waals surface area contributed by atoms with Crippen molar-refractivity contribution in [1.82, 2.24) is 9.13 Å². The van der Waals surface area contributed by atoms with Gasteiger partial charge in [-0.05, 0) is 61.4 Å². The van der Waals surface area contributed by atoms with Crippen LogP contribution in [0, 0.1) is 13.8 Å². The van der Waals surface area contributed by atoms with Crippen molar-refractivity contribution in [2.24, 2.45) is 0 Å². The molecule has 0 aliphatic rings. The molecule has 1 heterocycles. The van der Waals surface area contributed by atoms with E-state index in [9.17, 15) is 14.4 Å². The Bertz CT molecular complexity index is 1350. The molecule has 0 saturated heterocycles. The highest BCUT2D eigenvalue weighted by Gasteiger charge is 2.17. The van der Waals surface area contributed by atoms with E-state index in [2.05, 4.69) is 5.32 Å². The predicted octanol–water partition coefficient (Wildman–Crippen LogP) is 3.41. The first-order valence-electron chi connectivity index (χ1n) is 9.62. The molecule has 4 rings (SSSR count). The zero-order chi connectivity index (χ0) is 21.3. The van der Waals surface area contributed by atoms with Crippen LogP contribution in [0.2, 0.25) is 0 Å². The van der Waals surface area contributed by atoms with E-state index in [-0.39, 0.29) is 12.5 Å². The molecule has 6 heteroatoms. The fraction of sp³-hybridized carbons (Fsp3) is 0.125. The minimum absolute atomic E-state index is 0.209. The number of carbonyl (C=O) groups excluding carboxylic acids is 1.